The fourth-order valence-corrected chi connectivity index (χ4v) is 3.12. The molecule has 0 aliphatic carbocycles. The number of hydrogen-bond acceptors (Lipinski definition) is 5. The van der Waals surface area contributed by atoms with Gasteiger partial charge in [0.15, 0.2) is 0 Å². The summed E-state index contributed by atoms with van der Waals surface area (Å²) in [7, 11) is 0. The maximum Gasteiger partial charge on any atom is 0.269 e. The lowest BCUT2D eigenvalue weighted by Gasteiger charge is -2.31. The largest absolute Gasteiger partial charge is 0.385 e. The Morgan fingerprint density at radius 1 is 1.19 bits per heavy atom. The van der Waals surface area contributed by atoms with E-state index in [1.807, 2.05) is 11.8 Å². The van der Waals surface area contributed by atoms with Gasteiger partial charge in [-0.05, 0) is 37.8 Å². The van der Waals surface area contributed by atoms with Crippen molar-refractivity contribution in [3.63, 3.8) is 0 Å². The van der Waals surface area contributed by atoms with Gasteiger partial charge >= 0.3 is 0 Å². The maximum absolute atomic E-state index is 12.3. The van der Waals surface area contributed by atoms with Crippen LogP contribution < -0.4 is 10.6 Å². The van der Waals surface area contributed by atoms with Crippen molar-refractivity contribution in [3.05, 3.63) is 34.4 Å². The first kappa shape index (κ1) is 20.7. The third-order valence-corrected chi connectivity index (χ3v) is 4.74. The Kier molecular flexibility index (Phi) is 8.03. The number of piperidine rings is 1. The number of likely N-dealkylation sites (tertiary alicyclic amines) is 1. The summed E-state index contributed by atoms with van der Waals surface area (Å²) in [5.41, 5.74) is 0.856. The van der Waals surface area contributed by atoms with Gasteiger partial charge in [0.1, 0.15) is 0 Å². The van der Waals surface area contributed by atoms with Gasteiger partial charge in [-0.1, -0.05) is 6.92 Å². The molecule has 2 rings (SSSR count). The molecule has 0 aromatic heterocycles. The molecular formula is C19H28N4O4. The van der Waals surface area contributed by atoms with Gasteiger partial charge in [0, 0.05) is 56.3 Å². The van der Waals surface area contributed by atoms with Crippen LogP contribution in [0.5, 0.6) is 0 Å². The fourth-order valence-electron chi connectivity index (χ4n) is 3.12. The van der Waals surface area contributed by atoms with Crippen LogP contribution >= 0.6 is 0 Å². The number of nitrogens with zero attached hydrogens (tertiary/aromatic N) is 2. The van der Waals surface area contributed by atoms with Crippen molar-refractivity contribution in [2.24, 2.45) is 5.92 Å². The van der Waals surface area contributed by atoms with Crippen LogP contribution in [-0.4, -0.2) is 47.8 Å². The highest BCUT2D eigenvalue weighted by Gasteiger charge is 2.26. The first-order valence-electron chi connectivity index (χ1n) is 9.55. The van der Waals surface area contributed by atoms with Gasteiger partial charge in [0.2, 0.25) is 11.8 Å². The summed E-state index contributed by atoms with van der Waals surface area (Å²) >= 11 is 0. The van der Waals surface area contributed by atoms with Crippen LogP contribution in [0, 0.1) is 16.0 Å². The average Bonchev–Trinajstić information content (AvgIpc) is 2.69. The maximum atomic E-state index is 12.3. The van der Waals surface area contributed by atoms with Crippen molar-refractivity contribution in [1.82, 2.24) is 10.2 Å². The van der Waals surface area contributed by atoms with Crippen LogP contribution in [0.2, 0.25) is 0 Å². The van der Waals surface area contributed by atoms with Crippen molar-refractivity contribution >= 4 is 23.2 Å². The number of rotatable bonds is 9. The first-order valence-corrected chi connectivity index (χ1v) is 9.55. The number of non-ortho nitro benzene ring substituents is 1. The van der Waals surface area contributed by atoms with Gasteiger partial charge in [-0.2, -0.15) is 0 Å². The van der Waals surface area contributed by atoms with Gasteiger partial charge in [0.05, 0.1) is 4.92 Å². The molecule has 148 valence electrons. The Hall–Kier alpha value is -2.64. The number of nitrogens with one attached hydrogen (secondary N) is 2. The van der Waals surface area contributed by atoms with E-state index in [2.05, 4.69) is 10.6 Å². The molecule has 1 aliphatic rings. The number of nitro groups is 1. The molecule has 1 aromatic rings. The predicted molar refractivity (Wildman–Crippen MR) is 103 cm³/mol. The second-order valence-electron chi connectivity index (χ2n) is 6.78. The van der Waals surface area contributed by atoms with Crippen LogP contribution in [0.15, 0.2) is 24.3 Å². The first-order chi connectivity index (χ1) is 13.0. The Morgan fingerprint density at radius 2 is 1.85 bits per heavy atom. The molecule has 1 heterocycles. The van der Waals surface area contributed by atoms with E-state index >= 15 is 0 Å². The molecule has 1 aliphatic heterocycles. The summed E-state index contributed by atoms with van der Waals surface area (Å²) < 4.78 is 0. The molecule has 1 aromatic carbocycles. The zero-order chi connectivity index (χ0) is 19.6. The quantitative estimate of drug-likeness (QED) is 0.391. The van der Waals surface area contributed by atoms with E-state index in [9.17, 15) is 19.7 Å². The van der Waals surface area contributed by atoms with E-state index in [4.69, 9.17) is 0 Å². The van der Waals surface area contributed by atoms with Gasteiger partial charge in [-0.15, -0.1) is 0 Å². The normalized spacial score (nSPS) is 14.6. The average molecular weight is 376 g/mol. The smallest absolute Gasteiger partial charge is 0.269 e. The van der Waals surface area contributed by atoms with E-state index in [0.29, 0.717) is 39.0 Å². The second kappa shape index (κ2) is 10.5. The molecule has 0 radical (unpaired) electrons. The molecule has 1 fully saturated rings. The molecule has 0 unspecified atom stereocenters. The standard InChI is InChI=1S/C19H28N4O4/c1-2-11-21-19(25)15-9-13-22(14-10-15)18(24)4-3-12-20-16-5-7-17(8-6-16)23(26)27/h5-8,15,20H,2-4,9-14H2,1H3,(H,21,25). The molecule has 0 spiro atoms. The molecule has 8 heteroatoms. The molecule has 1 saturated heterocycles. The lowest BCUT2D eigenvalue weighted by atomic mass is 9.95. The zero-order valence-electron chi connectivity index (χ0n) is 15.8. The van der Waals surface area contributed by atoms with E-state index in [1.165, 1.54) is 12.1 Å². The molecule has 0 atom stereocenters. The summed E-state index contributed by atoms with van der Waals surface area (Å²) in [6.07, 6.45) is 3.51. The van der Waals surface area contributed by atoms with Crippen LogP contribution in [0.3, 0.4) is 0 Å². The van der Waals surface area contributed by atoms with Crippen molar-refractivity contribution < 1.29 is 14.5 Å². The lowest BCUT2D eigenvalue weighted by molar-refractivity contribution is -0.384. The highest BCUT2D eigenvalue weighted by atomic mass is 16.6. The van der Waals surface area contributed by atoms with Crippen molar-refractivity contribution in [1.29, 1.82) is 0 Å². The van der Waals surface area contributed by atoms with E-state index in [1.54, 1.807) is 12.1 Å². The van der Waals surface area contributed by atoms with Gasteiger partial charge < -0.3 is 15.5 Å². The summed E-state index contributed by atoms with van der Waals surface area (Å²) in [5.74, 6) is 0.244. The van der Waals surface area contributed by atoms with Crippen LogP contribution in [-0.2, 0) is 9.59 Å². The Morgan fingerprint density at radius 3 is 2.44 bits per heavy atom. The third kappa shape index (κ3) is 6.54. The second-order valence-corrected chi connectivity index (χ2v) is 6.78. The highest BCUT2D eigenvalue weighted by molar-refractivity contribution is 5.80. The Labute approximate surface area is 159 Å². The number of amides is 2. The minimum Gasteiger partial charge on any atom is -0.385 e. The number of anilines is 1. The van der Waals surface area contributed by atoms with Crippen LogP contribution in [0.1, 0.15) is 39.0 Å². The lowest BCUT2D eigenvalue weighted by Crippen LogP contribution is -2.43. The summed E-state index contributed by atoms with van der Waals surface area (Å²) in [6, 6.07) is 6.23. The summed E-state index contributed by atoms with van der Waals surface area (Å²) in [4.78, 5) is 36.3. The van der Waals surface area contributed by atoms with E-state index in [-0.39, 0.29) is 23.4 Å². The van der Waals surface area contributed by atoms with Crippen molar-refractivity contribution in [2.45, 2.75) is 39.0 Å². The predicted octanol–water partition coefficient (Wildman–Crippen LogP) is 2.55. The molecule has 27 heavy (non-hydrogen) atoms. The number of nitro benzene ring substituents is 1. The zero-order valence-corrected chi connectivity index (χ0v) is 15.8. The number of carbonyl (C=O) groups excluding carboxylic acids is 2. The monoisotopic (exact) mass is 376 g/mol. The highest BCUT2D eigenvalue weighted by Crippen LogP contribution is 2.19. The molecule has 8 nitrogen and oxygen atoms in total. The number of hydrogen-bond donors (Lipinski definition) is 2. The van der Waals surface area contributed by atoms with Crippen LogP contribution in [0.25, 0.3) is 0 Å². The van der Waals surface area contributed by atoms with Gasteiger partial charge in [-0.25, -0.2) is 0 Å². The summed E-state index contributed by atoms with van der Waals surface area (Å²) in [6.45, 7) is 4.63. The Balaban J connectivity index is 1.63. The molecule has 0 saturated carbocycles. The topological polar surface area (TPSA) is 105 Å². The Bertz CT molecular complexity index is 640. The van der Waals surface area contributed by atoms with Gasteiger partial charge in [-0.3, -0.25) is 19.7 Å². The fraction of sp³-hybridized carbons (Fsp3) is 0.579. The molecule has 2 amide bonds. The number of benzene rings is 1. The minimum atomic E-state index is -0.431. The SMILES string of the molecule is CCCNC(=O)C1CCN(C(=O)CCCNc2ccc([N+](=O)[O-])cc2)CC1. The van der Waals surface area contributed by atoms with Crippen molar-refractivity contribution in [3.8, 4) is 0 Å². The molecule has 2 N–H and O–H groups in total. The van der Waals surface area contributed by atoms with Crippen molar-refractivity contribution in [2.75, 3.05) is 31.5 Å². The van der Waals surface area contributed by atoms with E-state index < -0.39 is 4.92 Å². The van der Waals surface area contributed by atoms with E-state index in [0.717, 1.165) is 24.9 Å². The summed E-state index contributed by atoms with van der Waals surface area (Å²) in [5, 5.41) is 16.7. The molecular weight excluding hydrogens is 348 g/mol. The van der Waals surface area contributed by atoms with Gasteiger partial charge in [0.25, 0.3) is 5.69 Å². The van der Waals surface area contributed by atoms with Crippen LogP contribution in [0.4, 0.5) is 11.4 Å². The number of carbonyl (C=O) groups is 2. The minimum absolute atomic E-state index is 0.0180. The third-order valence-electron chi connectivity index (χ3n) is 4.74. The molecule has 0 bridgehead atoms.